The van der Waals surface area contributed by atoms with E-state index in [0.29, 0.717) is 28.6 Å². The Morgan fingerprint density at radius 3 is 2.48 bits per heavy atom. The lowest BCUT2D eigenvalue weighted by Gasteiger charge is -2.29. The molecule has 1 aliphatic heterocycles. The molecule has 120 valence electrons. The highest BCUT2D eigenvalue weighted by Crippen LogP contribution is 2.39. The SMILES string of the molecule is CC1=C(C(=O)O)C(c2ccc(Cl)cc2)C(C#N)=C(CC(C)C)N1. The molecule has 1 aromatic carbocycles. The fraction of sp³-hybridized carbons (Fsp3) is 0.333. The highest BCUT2D eigenvalue weighted by atomic mass is 35.5. The molecule has 0 radical (unpaired) electrons. The molecule has 0 saturated carbocycles. The van der Waals surface area contributed by atoms with Crippen molar-refractivity contribution in [1.82, 2.24) is 5.32 Å². The number of carbonyl (C=O) groups is 1. The number of carboxylic acids is 1. The summed E-state index contributed by atoms with van der Waals surface area (Å²) < 4.78 is 0. The number of hydrogen-bond acceptors (Lipinski definition) is 3. The van der Waals surface area contributed by atoms with Crippen molar-refractivity contribution >= 4 is 17.6 Å². The lowest BCUT2D eigenvalue weighted by Crippen LogP contribution is -2.29. The molecule has 1 aliphatic rings. The van der Waals surface area contributed by atoms with Crippen molar-refractivity contribution < 1.29 is 9.90 Å². The standard InChI is InChI=1S/C18H19ClN2O2/c1-10(2)8-15-14(9-20)17(12-4-6-13(19)7-5-12)16(18(22)23)11(3)21-15/h4-7,10,17,21H,8H2,1-3H3,(H,22,23). The van der Waals surface area contributed by atoms with Gasteiger partial charge >= 0.3 is 5.97 Å². The van der Waals surface area contributed by atoms with E-state index < -0.39 is 11.9 Å². The Kier molecular flexibility index (Phi) is 5.12. The van der Waals surface area contributed by atoms with Crippen molar-refractivity contribution in [2.24, 2.45) is 5.92 Å². The van der Waals surface area contributed by atoms with E-state index in [2.05, 4.69) is 25.2 Å². The number of hydrogen-bond donors (Lipinski definition) is 2. The minimum Gasteiger partial charge on any atom is -0.478 e. The number of nitriles is 1. The number of dihydropyridines is 1. The van der Waals surface area contributed by atoms with Gasteiger partial charge in [-0.15, -0.1) is 0 Å². The molecule has 1 atom stereocenters. The van der Waals surface area contributed by atoms with Crippen LogP contribution < -0.4 is 5.32 Å². The second kappa shape index (κ2) is 6.89. The number of nitrogens with zero attached hydrogens (tertiary/aromatic N) is 1. The Labute approximate surface area is 141 Å². The van der Waals surface area contributed by atoms with Crippen molar-refractivity contribution in [3.05, 3.63) is 57.4 Å². The molecule has 0 aromatic heterocycles. The zero-order valence-corrected chi connectivity index (χ0v) is 14.1. The molecule has 0 bridgehead atoms. The summed E-state index contributed by atoms with van der Waals surface area (Å²) in [7, 11) is 0. The minimum atomic E-state index is -1.02. The molecular weight excluding hydrogens is 312 g/mol. The van der Waals surface area contributed by atoms with Crippen LogP contribution in [0, 0.1) is 17.2 Å². The van der Waals surface area contributed by atoms with E-state index in [-0.39, 0.29) is 5.57 Å². The van der Waals surface area contributed by atoms with Gasteiger partial charge in [0, 0.05) is 16.4 Å². The van der Waals surface area contributed by atoms with E-state index in [1.54, 1.807) is 31.2 Å². The third kappa shape index (κ3) is 3.57. The molecule has 1 unspecified atom stereocenters. The van der Waals surface area contributed by atoms with Crippen LogP contribution in [-0.2, 0) is 4.79 Å². The van der Waals surface area contributed by atoms with Gasteiger partial charge < -0.3 is 10.4 Å². The van der Waals surface area contributed by atoms with Gasteiger partial charge in [-0.1, -0.05) is 37.6 Å². The normalized spacial score (nSPS) is 18.0. The largest absolute Gasteiger partial charge is 0.478 e. The van der Waals surface area contributed by atoms with Crippen molar-refractivity contribution in [2.75, 3.05) is 0 Å². The maximum absolute atomic E-state index is 11.7. The second-order valence-corrected chi connectivity index (χ2v) is 6.49. The Bertz CT molecular complexity index is 724. The zero-order valence-electron chi connectivity index (χ0n) is 13.4. The van der Waals surface area contributed by atoms with Crippen LogP contribution in [0.25, 0.3) is 0 Å². The summed E-state index contributed by atoms with van der Waals surface area (Å²) in [4.78, 5) is 11.7. The van der Waals surface area contributed by atoms with E-state index in [1.807, 2.05) is 0 Å². The fourth-order valence-electron chi connectivity index (χ4n) is 2.87. The van der Waals surface area contributed by atoms with Gasteiger partial charge in [0.15, 0.2) is 0 Å². The lowest BCUT2D eigenvalue weighted by molar-refractivity contribution is -0.133. The predicted molar refractivity (Wildman–Crippen MR) is 89.8 cm³/mol. The van der Waals surface area contributed by atoms with Gasteiger partial charge in [-0.3, -0.25) is 0 Å². The van der Waals surface area contributed by atoms with E-state index in [9.17, 15) is 15.2 Å². The summed E-state index contributed by atoms with van der Waals surface area (Å²) in [5.41, 5.74) is 2.79. The summed E-state index contributed by atoms with van der Waals surface area (Å²) in [5.74, 6) is -1.25. The van der Waals surface area contributed by atoms with Crippen LogP contribution in [0.4, 0.5) is 0 Å². The number of carboxylic acid groups (broad SMARTS) is 1. The molecule has 4 nitrogen and oxygen atoms in total. The number of benzene rings is 1. The molecule has 0 spiro atoms. The van der Waals surface area contributed by atoms with Crippen molar-refractivity contribution in [3.63, 3.8) is 0 Å². The van der Waals surface area contributed by atoms with Crippen LogP contribution in [0.5, 0.6) is 0 Å². The molecule has 1 heterocycles. The first-order valence-electron chi connectivity index (χ1n) is 7.44. The van der Waals surface area contributed by atoms with E-state index in [0.717, 1.165) is 11.3 Å². The first-order chi connectivity index (χ1) is 10.8. The van der Waals surface area contributed by atoms with Crippen LogP contribution in [-0.4, -0.2) is 11.1 Å². The maximum atomic E-state index is 11.7. The molecule has 0 aliphatic carbocycles. The topological polar surface area (TPSA) is 73.1 Å². The summed E-state index contributed by atoms with van der Waals surface area (Å²) in [6.45, 7) is 5.86. The molecule has 0 amide bonds. The second-order valence-electron chi connectivity index (χ2n) is 6.06. The van der Waals surface area contributed by atoms with Gasteiger partial charge in [0.25, 0.3) is 0 Å². The lowest BCUT2D eigenvalue weighted by atomic mass is 9.80. The summed E-state index contributed by atoms with van der Waals surface area (Å²) in [5, 5.41) is 23.0. The number of rotatable bonds is 4. The monoisotopic (exact) mass is 330 g/mol. The number of halogens is 1. The Hall–Kier alpha value is -2.25. The smallest absolute Gasteiger partial charge is 0.334 e. The third-order valence-corrected chi connectivity index (χ3v) is 4.06. The molecule has 23 heavy (non-hydrogen) atoms. The van der Waals surface area contributed by atoms with Crippen molar-refractivity contribution in [3.8, 4) is 6.07 Å². The summed E-state index contributed by atoms with van der Waals surface area (Å²) in [6.07, 6.45) is 0.692. The maximum Gasteiger partial charge on any atom is 0.334 e. The van der Waals surface area contributed by atoms with Crippen LogP contribution in [0.3, 0.4) is 0 Å². The van der Waals surface area contributed by atoms with Crippen LogP contribution >= 0.6 is 11.6 Å². The molecule has 5 heteroatoms. The first-order valence-corrected chi connectivity index (χ1v) is 7.82. The zero-order chi connectivity index (χ0) is 17.1. The van der Waals surface area contributed by atoms with Crippen LogP contribution in [0.2, 0.25) is 5.02 Å². The van der Waals surface area contributed by atoms with Gasteiger partial charge in [-0.05, 0) is 37.0 Å². The van der Waals surface area contributed by atoms with Gasteiger partial charge in [0.05, 0.1) is 23.1 Å². The average molecular weight is 331 g/mol. The highest BCUT2D eigenvalue weighted by Gasteiger charge is 2.34. The molecule has 2 N–H and O–H groups in total. The minimum absolute atomic E-state index is 0.205. The molecule has 1 aromatic rings. The highest BCUT2D eigenvalue weighted by molar-refractivity contribution is 6.30. The molecule has 2 rings (SSSR count). The fourth-order valence-corrected chi connectivity index (χ4v) is 3.00. The quantitative estimate of drug-likeness (QED) is 0.867. The number of aliphatic carboxylic acids is 1. The summed E-state index contributed by atoms with van der Waals surface area (Å²) in [6, 6.07) is 9.19. The predicted octanol–water partition coefficient (Wildman–Crippen LogP) is 4.21. The van der Waals surface area contributed by atoms with Gasteiger partial charge in [-0.2, -0.15) is 5.26 Å². The average Bonchev–Trinajstić information content (AvgIpc) is 2.46. The van der Waals surface area contributed by atoms with Crippen molar-refractivity contribution in [2.45, 2.75) is 33.1 Å². The Balaban J connectivity index is 2.63. The van der Waals surface area contributed by atoms with Crippen LogP contribution in [0.1, 0.15) is 38.7 Å². The Morgan fingerprint density at radius 2 is 2.00 bits per heavy atom. The number of allylic oxidation sites excluding steroid dienone is 3. The first kappa shape index (κ1) is 17.1. The van der Waals surface area contributed by atoms with Gasteiger partial charge in [0.2, 0.25) is 0 Å². The number of nitrogens with one attached hydrogen (secondary N) is 1. The van der Waals surface area contributed by atoms with E-state index in [4.69, 9.17) is 11.6 Å². The van der Waals surface area contributed by atoms with Crippen molar-refractivity contribution in [1.29, 1.82) is 5.26 Å². The Morgan fingerprint density at radius 1 is 1.39 bits per heavy atom. The van der Waals surface area contributed by atoms with Gasteiger partial charge in [0.1, 0.15) is 0 Å². The van der Waals surface area contributed by atoms with Crippen LogP contribution in [0.15, 0.2) is 46.8 Å². The molecular formula is C18H19ClN2O2. The van der Waals surface area contributed by atoms with E-state index >= 15 is 0 Å². The molecule has 0 fully saturated rings. The molecule has 0 saturated heterocycles. The third-order valence-electron chi connectivity index (χ3n) is 3.81. The van der Waals surface area contributed by atoms with E-state index in [1.165, 1.54) is 0 Å². The summed E-state index contributed by atoms with van der Waals surface area (Å²) >= 11 is 5.93. The van der Waals surface area contributed by atoms with Gasteiger partial charge in [-0.25, -0.2) is 4.79 Å².